The predicted molar refractivity (Wildman–Crippen MR) is 52.2 cm³/mol. The maximum atomic E-state index is 10.7. The standard InChI is InChI=1S/C8H15NO3S/c1-12-4-2-9-3-5-13-7(6-9)8(10)11/h7H,2-6H2,1H3,(H,10,11). The maximum absolute atomic E-state index is 10.7. The fraction of sp³-hybridized carbons (Fsp3) is 0.875. The van der Waals surface area contributed by atoms with Crippen LogP contribution < -0.4 is 0 Å². The first-order valence-corrected chi connectivity index (χ1v) is 5.34. The molecule has 4 nitrogen and oxygen atoms in total. The zero-order chi connectivity index (χ0) is 9.68. The molecule has 0 radical (unpaired) electrons. The monoisotopic (exact) mass is 205 g/mol. The molecule has 0 aromatic rings. The van der Waals surface area contributed by atoms with Gasteiger partial charge in [0.05, 0.1) is 6.61 Å². The molecular formula is C8H15NO3S. The van der Waals surface area contributed by atoms with E-state index < -0.39 is 5.97 Å². The fourth-order valence-electron chi connectivity index (χ4n) is 1.28. The maximum Gasteiger partial charge on any atom is 0.317 e. The molecule has 0 spiro atoms. The number of nitrogens with zero attached hydrogens (tertiary/aromatic N) is 1. The molecule has 1 rings (SSSR count). The Morgan fingerprint density at radius 3 is 3.15 bits per heavy atom. The molecule has 13 heavy (non-hydrogen) atoms. The second kappa shape index (κ2) is 5.47. The highest BCUT2D eigenvalue weighted by molar-refractivity contribution is 8.00. The molecule has 5 heteroatoms. The van der Waals surface area contributed by atoms with Crippen LogP contribution >= 0.6 is 11.8 Å². The molecule has 0 bridgehead atoms. The van der Waals surface area contributed by atoms with Gasteiger partial charge in [-0.2, -0.15) is 0 Å². The summed E-state index contributed by atoms with van der Waals surface area (Å²) in [6, 6.07) is 0. The van der Waals surface area contributed by atoms with Crippen LogP contribution in [-0.2, 0) is 9.53 Å². The van der Waals surface area contributed by atoms with Gasteiger partial charge >= 0.3 is 5.97 Å². The van der Waals surface area contributed by atoms with Crippen molar-refractivity contribution in [3.63, 3.8) is 0 Å². The fourth-order valence-corrected chi connectivity index (χ4v) is 2.38. The summed E-state index contributed by atoms with van der Waals surface area (Å²) in [4.78, 5) is 12.8. The van der Waals surface area contributed by atoms with E-state index in [4.69, 9.17) is 9.84 Å². The minimum Gasteiger partial charge on any atom is -0.480 e. The van der Waals surface area contributed by atoms with E-state index in [-0.39, 0.29) is 5.25 Å². The number of rotatable bonds is 4. The van der Waals surface area contributed by atoms with Crippen LogP contribution in [-0.4, -0.2) is 60.3 Å². The molecular weight excluding hydrogens is 190 g/mol. The Labute approximate surface area is 82.2 Å². The molecule has 1 N–H and O–H groups in total. The van der Waals surface area contributed by atoms with Gasteiger partial charge in [-0.1, -0.05) is 0 Å². The molecule has 0 aromatic carbocycles. The zero-order valence-corrected chi connectivity index (χ0v) is 8.55. The molecule has 0 amide bonds. The van der Waals surface area contributed by atoms with E-state index >= 15 is 0 Å². The Morgan fingerprint density at radius 2 is 2.54 bits per heavy atom. The minimum absolute atomic E-state index is 0.259. The number of ether oxygens (including phenoxy) is 1. The van der Waals surface area contributed by atoms with Crippen LogP contribution in [0, 0.1) is 0 Å². The van der Waals surface area contributed by atoms with Crippen molar-refractivity contribution in [1.29, 1.82) is 0 Å². The lowest BCUT2D eigenvalue weighted by Crippen LogP contribution is -2.42. The molecule has 1 aliphatic rings. The second-order valence-corrected chi connectivity index (χ2v) is 4.30. The lowest BCUT2D eigenvalue weighted by molar-refractivity contribution is -0.136. The SMILES string of the molecule is COCCN1CCSC(C(=O)O)C1. The van der Waals surface area contributed by atoms with Crippen molar-refractivity contribution < 1.29 is 14.6 Å². The molecule has 76 valence electrons. The third-order valence-electron chi connectivity index (χ3n) is 2.04. The van der Waals surface area contributed by atoms with Crippen LogP contribution in [0.15, 0.2) is 0 Å². The first-order chi connectivity index (χ1) is 6.24. The van der Waals surface area contributed by atoms with Gasteiger partial charge in [-0.15, -0.1) is 11.8 Å². The lowest BCUT2D eigenvalue weighted by Gasteiger charge is -2.29. The van der Waals surface area contributed by atoms with Gasteiger partial charge in [0.2, 0.25) is 0 Å². The number of methoxy groups -OCH3 is 1. The first-order valence-electron chi connectivity index (χ1n) is 4.29. The smallest absolute Gasteiger partial charge is 0.317 e. The topological polar surface area (TPSA) is 49.8 Å². The van der Waals surface area contributed by atoms with E-state index in [1.165, 1.54) is 11.8 Å². The predicted octanol–water partition coefficient (Wildman–Crippen LogP) is 0.135. The minimum atomic E-state index is -0.702. The van der Waals surface area contributed by atoms with Crippen molar-refractivity contribution in [3.05, 3.63) is 0 Å². The molecule has 1 saturated heterocycles. The number of thioether (sulfide) groups is 1. The second-order valence-electron chi connectivity index (χ2n) is 2.99. The number of hydrogen-bond acceptors (Lipinski definition) is 4. The van der Waals surface area contributed by atoms with Crippen molar-refractivity contribution >= 4 is 17.7 Å². The van der Waals surface area contributed by atoms with E-state index in [9.17, 15) is 4.79 Å². The first kappa shape index (κ1) is 10.8. The Balaban J connectivity index is 2.29. The third-order valence-corrected chi connectivity index (χ3v) is 3.21. The number of carboxylic acid groups (broad SMARTS) is 1. The van der Waals surface area contributed by atoms with Crippen molar-refractivity contribution in [1.82, 2.24) is 4.90 Å². The Morgan fingerprint density at radius 1 is 1.77 bits per heavy atom. The lowest BCUT2D eigenvalue weighted by atomic mass is 10.3. The summed E-state index contributed by atoms with van der Waals surface area (Å²) in [6.45, 7) is 3.12. The summed E-state index contributed by atoms with van der Waals surface area (Å²) < 4.78 is 4.94. The van der Waals surface area contributed by atoms with Crippen molar-refractivity contribution in [3.8, 4) is 0 Å². The van der Waals surface area contributed by atoms with E-state index in [1.54, 1.807) is 7.11 Å². The summed E-state index contributed by atoms with van der Waals surface area (Å²) >= 11 is 1.53. The van der Waals surface area contributed by atoms with Crippen LogP contribution in [0.5, 0.6) is 0 Å². The quantitative estimate of drug-likeness (QED) is 0.707. The summed E-state index contributed by atoms with van der Waals surface area (Å²) in [5, 5.41) is 8.54. The number of carboxylic acids is 1. The molecule has 1 aliphatic heterocycles. The van der Waals surface area contributed by atoms with E-state index in [0.29, 0.717) is 13.2 Å². The van der Waals surface area contributed by atoms with Gasteiger partial charge in [0.15, 0.2) is 0 Å². The molecule has 1 atom stereocenters. The average Bonchev–Trinajstić information content (AvgIpc) is 2.15. The van der Waals surface area contributed by atoms with Gasteiger partial charge in [-0.05, 0) is 0 Å². The summed E-state index contributed by atoms with van der Waals surface area (Å²) in [7, 11) is 1.66. The van der Waals surface area contributed by atoms with Gasteiger partial charge < -0.3 is 9.84 Å². The Kier molecular flexibility index (Phi) is 4.55. The molecule has 1 fully saturated rings. The van der Waals surface area contributed by atoms with Crippen LogP contribution in [0.25, 0.3) is 0 Å². The van der Waals surface area contributed by atoms with Gasteiger partial charge in [-0.3, -0.25) is 9.69 Å². The van der Waals surface area contributed by atoms with Gasteiger partial charge in [-0.25, -0.2) is 0 Å². The molecule has 0 saturated carbocycles. The number of carbonyl (C=O) groups is 1. The van der Waals surface area contributed by atoms with E-state index in [1.807, 2.05) is 0 Å². The van der Waals surface area contributed by atoms with Crippen molar-refractivity contribution in [2.24, 2.45) is 0 Å². The Hall–Kier alpha value is -0.260. The largest absolute Gasteiger partial charge is 0.480 e. The molecule has 0 aromatic heterocycles. The van der Waals surface area contributed by atoms with Crippen LogP contribution in [0.2, 0.25) is 0 Å². The van der Waals surface area contributed by atoms with Crippen LogP contribution in [0.3, 0.4) is 0 Å². The highest BCUT2D eigenvalue weighted by Gasteiger charge is 2.25. The van der Waals surface area contributed by atoms with E-state index in [2.05, 4.69) is 4.90 Å². The number of hydrogen-bond donors (Lipinski definition) is 1. The summed E-state index contributed by atoms with van der Waals surface area (Å²) in [5.74, 6) is 0.202. The zero-order valence-electron chi connectivity index (χ0n) is 7.73. The van der Waals surface area contributed by atoms with Crippen molar-refractivity contribution in [2.45, 2.75) is 5.25 Å². The molecule has 1 unspecified atom stereocenters. The molecule has 0 aliphatic carbocycles. The van der Waals surface area contributed by atoms with Crippen LogP contribution in [0.1, 0.15) is 0 Å². The van der Waals surface area contributed by atoms with Crippen LogP contribution in [0.4, 0.5) is 0 Å². The van der Waals surface area contributed by atoms with Gasteiger partial charge in [0, 0.05) is 32.5 Å². The van der Waals surface area contributed by atoms with Crippen molar-refractivity contribution in [2.75, 3.05) is 39.1 Å². The summed E-state index contributed by atoms with van der Waals surface area (Å²) in [6.07, 6.45) is 0. The Bertz CT molecular complexity index is 177. The van der Waals surface area contributed by atoms with Gasteiger partial charge in [0.1, 0.15) is 5.25 Å². The normalized spacial score (nSPS) is 24.5. The van der Waals surface area contributed by atoms with Gasteiger partial charge in [0.25, 0.3) is 0 Å². The highest BCUT2D eigenvalue weighted by atomic mass is 32.2. The summed E-state index contributed by atoms with van der Waals surface area (Å²) in [5.41, 5.74) is 0. The number of aliphatic carboxylic acids is 1. The average molecular weight is 205 g/mol. The third kappa shape index (κ3) is 3.54. The molecule has 1 heterocycles. The highest BCUT2D eigenvalue weighted by Crippen LogP contribution is 2.18. The van der Waals surface area contributed by atoms with E-state index in [0.717, 1.165) is 18.8 Å².